The van der Waals surface area contributed by atoms with Crippen LogP contribution in [0.2, 0.25) is 0 Å². The van der Waals surface area contributed by atoms with Gasteiger partial charge in [-0.25, -0.2) is 0 Å². The molecule has 0 aliphatic rings. The second kappa shape index (κ2) is 8.08. The smallest absolute Gasteiger partial charge is 0.172 e. The Bertz CT molecular complexity index is 844. The molecule has 0 fully saturated rings. The van der Waals surface area contributed by atoms with Gasteiger partial charge in [-0.15, -0.1) is 0 Å². The van der Waals surface area contributed by atoms with Gasteiger partial charge in [0, 0.05) is 5.33 Å². The van der Waals surface area contributed by atoms with Gasteiger partial charge in [-0.2, -0.15) is 0 Å². The number of hydrogen-bond acceptors (Lipinski definition) is 3. The number of hydrogen-bond donors (Lipinski definition) is 2. The Morgan fingerprint density at radius 2 is 1.56 bits per heavy atom. The van der Waals surface area contributed by atoms with Crippen LogP contribution >= 0.6 is 15.9 Å². The highest BCUT2D eigenvalue weighted by atomic mass is 79.9. The number of aryl methyl sites for hydroxylation is 2. The molecule has 0 saturated carbocycles. The number of rotatable bonds is 6. The lowest BCUT2D eigenvalue weighted by Gasteiger charge is -2.13. The zero-order chi connectivity index (χ0) is 17.6. The van der Waals surface area contributed by atoms with Crippen molar-refractivity contribution in [2.24, 2.45) is 0 Å². The third kappa shape index (κ3) is 4.54. The summed E-state index contributed by atoms with van der Waals surface area (Å²) in [5.41, 5.74) is 3.17. The molecule has 0 spiro atoms. The van der Waals surface area contributed by atoms with Gasteiger partial charge in [0.25, 0.3) is 0 Å². The van der Waals surface area contributed by atoms with Crippen LogP contribution in [-0.4, -0.2) is 10.2 Å². The van der Waals surface area contributed by atoms with Crippen LogP contribution in [0.15, 0.2) is 66.7 Å². The van der Waals surface area contributed by atoms with E-state index < -0.39 is 0 Å². The Morgan fingerprint density at radius 1 is 0.800 bits per heavy atom. The Morgan fingerprint density at radius 3 is 2.32 bits per heavy atom. The van der Waals surface area contributed by atoms with E-state index in [1.165, 1.54) is 0 Å². The van der Waals surface area contributed by atoms with Crippen LogP contribution in [0, 0.1) is 0 Å². The Hall–Kier alpha value is -2.46. The zero-order valence-corrected chi connectivity index (χ0v) is 15.2. The molecule has 0 saturated heterocycles. The molecule has 0 heterocycles. The van der Waals surface area contributed by atoms with Crippen molar-refractivity contribution in [1.82, 2.24) is 0 Å². The summed E-state index contributed by atoms with van der Waals surface area (Å²) in [5.74, 6) is 1.58. The molecule has 3 nitrogen and oxygen atoms in total. The van der Waals surface area contributed by atoms with E-state index in [1.54, 1.807) is 18.2 Å². The van der Waals surface area contributed by atoms with Crippen LogP contribution in [0.25, 0.3) is 0 Å². The molecule has 3 rings (SSSR count). The van der Waals surface area contributed by atoms with Crippen molar-refractivity contribution >= 4 is 15.9 Å². The van der Waals surface area contributed by atoms with E-state index in [1.807, 2.05) is 48.5 Å². The summed E-state index contributed by atoms with van der Waals surface area (Å²) < 4.78 is 5.98. The highest BCUT2D eigenvalue weighted by Gasteiger charge is 2.11. The first kappa shape index (κ1) is 17.4. The fourth-order valence-electron chi connectivity index (χ4n) is 2.64. The number of aromatic hydroxyl groups is 2. The average Bonchev–Trinajstić information content (AvgIpc) is 2.64. The molecule has 4 heteroatoms. The van der Waals surface area contributed by atoms with E-state index in [9.17, 15) is 10.2 Å². The molecule has 0 atom stereocenters. The number of phenolic OH excluding ortho intramolecular Hbond substituents is 2. The van der Waals surface area contributed by atoms with Crippen molar-refractivity contribution in [2.75, 3.05) is 0 Å². The van der Waals surface area contributed by atoms with Crippen LogP contribution < -0.4 is 4.74 Å². The van der Waals surface area contributed by atoms with E-state index in [-0.39, 0.29) is 11.5 Å². The molecule has 0 aliphatic carbocycles. The Kier molecular flexibility index (Phi) is 5.61. The van der Waals surface area contributed by atoms with Gasteiger partial charge < -0.3 is 14.9 Å². The number of benzene rings is 3. The number of ether oxygens (including phenoxy) is 1. The SMILES string of the molecule is Oc1ccc(CCc2cccc(O)c2Oc2cccc(CBr)c2)cc1. The lowest BCUT2D eigenvalue weighted by atomic mass is 10.0. The summed E-state index contributed by atoms with van der Waals surface area (Å²) in [6.07, 6.45) is 1.52. The third-order valence-corrected chi connectivity index (χ3v) is 4.62. The molecule has 2 N–H and O–H groups in total. The summed E-state index contributed by atoms with van der Waals surface area (Å²) in [7, 11) is 0. The van der Waals surface area contributed by atoms with E-state index in [0.717, 1.165) is 34.9 Å². The zero-order valence-electron chi connectivity index (χ0n) is 13.7. The molecule has 3 aromatic carbocycles. The quantitative estimate of drug-likeness (QED) is 0.533. The first-order chi connectivity index (χ1) is 12.2. The van der Waals surface area contributed by atoms with E-state index in [2.05, 4.69) is 15.9 Å². The van der Waals surface area contributed by atoms with Crippen molar-refractivity contribution in [3.8, 4) is 23.0 Å². The molecule has 0 unspecified atom stereocenters. The first-order valence-corrected chi connectivity index (χ1v) is 9.19. The van der Waals surface area contributed by atoms with E-state index >= 15 is 0 Å². The summed E-state index contributed by atoms with van der Waals surface area (Å²) >= 11 is 3.44. The maximum atomic E-state index is 10.2. The summed E-state index contributed by atoms with van der Waals surface area (Å²) in [4.78, 5) is 0. The molecule has 25 heavy (non-hydrogen) atoms. The highest BCUT2D eigenvalue weighted by molar-refractivity contribution is 9.08. The number of alkyl halides is 1. The van der Waals surface area contributed by atoms with Gasteiger partial charge in [-0.05, 0) is 59.9 Å². The lowest BCUT2D eigenvalue weighted by Crippen LogP contribution is -1.96. The maximum Gasteiger partial charge on any atom is 0.172 e. The maximum absolute atomic E-state index is 10.2. The summed E-state index contributed by atoms with van der Waals surface area (Å²) in [6.45, 7) is 0. The molecule has 128 valence electrons. The van der Waals surface area contributed by atoms with Gasteiger partial charge in [-0.3, -0.25) is 0 Å². The molecule has 3 aromatic rings. The second-order valence-electron chi connectivity index (χ2n) is 5.81. The lowest BCUT2D eigenvalue weighted by molar-refractivity contribution is 0.407. The number of para-hydroxylation sites is 1. The largest absolute Gasteiger partial charge is 0.508 e. The van der Waals surface area contributed by atoms with Crippen molar-refractivity contribution in [3.63, 3.8) is 0 Å². The average molecular weight is 399 g/mol. The van der Waals surface area contributed by atoms with E-state index in [4.69, 9.17) is 4.74 Å². The Labute approximate surface area is 155 Å². The minimum atomic E-state index is 0.132. The second-order valence-corrected chi connectivity index (χ2v) is 6.38. The van der Waals surface area contributed by atoms with E-state index in [0.29, 0.717) is 11.5 Å². The minimum Gasteiger partial charge on any atom is -0.508 e. The predicted molar refractivity (Wildman–Crippen MR) is 103 cm³/mol. The van der Waals surface area contributed by atoms with Gasteiger partial charge in [0.15, 0.2) is 11.5 Å². The highest BCUT2D eigenvalue weighted by Crippen LogP contribution is 2.35. The molecule has 0 radical (unpaired) electrons. The van der Waals surface area contributed by atoms with Crippen LogP contribution in [0.5, 0.6) is 23.0 Å². The van der Waals surface area contributed by atoms with Gasteiger partial charge in [0.2, 0.25) is 0 Å². The third-order valence-electron chi connectivity index (χ3n) is 3.97. The van der Waals surface area contributed by atoms with Crippen LogP contribution in [-0.2, 0) is 18.2 Å². The number of phenols is 2. The number of halogens is 1. The minimum absolute atomic E-state index is 0.132. The fourth-order valence-corrected chi connectivity index (χ4v) is 2.99. The monoisotopic (exact) mass is 398 g/mol. The summed E-state index contributed by atoms with van der Waals surface area (Å²) in [6, 6.07) is 20.4. The standard InChI is InChI=1S/C21H19BrO3/c22-14-16-3-1-5-19(13-16)25-21-17(4-2-6-20(21)24)10-7-15-8-11-18(23)12-9-15/h1-6,8-9,11-13,23-24H,7,10,14H2. The molecule has 0 aromatic heterocycles. The molecular formula is C21H19BrO3. The van der Waals surface area contributed by atoms with Crippen LogP contribution in [0.1, 0.15) is 16.7 Å². The van der Waals surface area contributed by atoms with Gasteiger partial charge in [-0.1, -0.05) is 52.3 Å². The fraction of sp³-hybridized carbons (Fsp3) is 0.143. The molecular weight excluding hydrogens is 380 g/mol. The van der Waals surface area contributed by atoms with Crippen LogP contribution in [0.4, 0.5) is 0 Å². The summed E-state index contributed by atoms with van der Waals surface area (Å²) in [5, 5.41) is 20.4. The normalized spacial score (nSPS) is 10.6. The van der Waals surface area contributed by atoms with Crippen molar-refractivity contribution < 1.29 is 14.9 Å². The van der Waals surface area contributed by atoms with Crippen molar-refractivity contribution in [3.05, 3.63) is 83.4 Å². The van der Waals surface area contributed by atoms with Crippen molar-refractivity contribution in [1.29, 1.82) is 0 Å². The van der Waals surface area contributed by atoms with Gasteiger partial charge in [0.1, 0.15) is 11.5 Å². The first-order valence-electron chi connectivity index (χ1n) is 8.07. The molecule has 0 bridgehead atoms. The topological polar surface area (TPSA) is 49.7 Å². The predicted octanol–water partition coefficient (Wildman–Crippen LogP) is 5.57. The molecule has 0 amide bonds. The molecule has 0 aliphatic heterocycles. The van der Waals surface area contributed by atoms with Gasteiger partial charge in [0.05, 0.1) is 0 Å². The Balaban J connectivity index is 1.80. The van der Waals surface area contributed by atoms with Crippen molar-refractivity contribution in [2.45, 2.75) is 18.2 Å². The van der Waals surface area contributed by atoms with Crippen LogP contribution in [0.3, 0.4) is 0 Å². The van der Waals surface area contributed by atoms with Gasteiger partial charge >= 0.3 is 0 Å².